The Labute approximate surface area is 113 Å². The maximum absolute atomic E-state index is 11.9. The van der Waals surface area contributed by atoms with Crippen molar-refractivity contribution in [3.05, 3.63) is 36.2 Å². The Balaban J connectivity index is 2.49. The van der Waals surface area contributed by atoms with Crippen molar-refractivity contribution in [1.82, 2.24) is 9.88 Å². The van der Waals surface area contributed by atoms with Crippen LogP contribution in [0.25, 0.3) is 0 Å². The van der Waals surface area contributed by atoms with Gasteiger partial charge in [-0.2, -0.15) is 0 Å². The summed E-state index contributed by atoms with van der Waals surface area (Å²) < 4.78 is 5.37. The number of ether oxygens (including phenoxy) is 1. The second-order valence-electron chi connectivity index (χ2n) is 4.30. The molecule has 1 rings (SSSR count). The Morgan fingerprint density at radius 3 is 2.74 bits per heavy atom. The Kier molecular flexibility index (Phi) is 6.02. The SMILES string of the molecule is C=C(C)CN(CC)C(=O)COc1ccc(CO)nc1. The number of rotatable bonds is 7. The van der Waals surface area contributed by atoms with Crippen LogP contribution in [0.15, 0.2) is 30.5 Å². The fourth-order valence-electron chi connectivity index (χ4n) is 1.53. The van der Waals surface area contributed by atoms with E-state index < -0.39 is 0 Å². The Hall–Kier alpha value is -1.88. The molecule has 0 aliphatic heterocycles. The fraction of sp³-hybridized carbons (Fsp3) is 0.429. The van der Waals surface area contributed by atoms with Crippen LogP contribution in [0.3, 0.4) is 0 Å². The molecule has 0 fully saturated rings. The molecule has 104 valence electrons. The molecule has 0 saturated carbocycles. The molecule has 1 heterocycles. The van der Waals surface area contributed by atoms with Gasteiger partial charge in [-0.25, -0.2) is 0 Å². The smallest absolute Gasteiger partial charge is 0.260 e. The summed E-state index contributed by atoms with van der Waals surface area (Å²) in [5.74, 6) is 0.425. The second-order valence-corrected chi connectivity index (χ2v) is 4.30. The first-order chi connectivity index (χ1) is 9.06. The monoisotopic (exact) mass is 264 g/mol. The largest absolute Gasteiger partial charge is 0.482 e. The first kappa shape index (κ1) is 15.2. The Morgan fingerprint density at radius 2 is 2.26 bits per heavy atom. The van der Waals surface area contributed by atoms with Crippen LogP contribution in [0.2, 0.25) is 0 Å². The van der Waals surface area contributed by atoms with Crippen LogP contribution in [0.4, 0.5) is 0 Å². The average molecular weight is 264 g/mol. The number of amides is 1. The van der Waals surface area contributed by atoms with Gasteiger partial charge in [-0.3, -0.25) is 9.78 Å². The van der Waals surface area contributed by atoms with Gasteiger partial charge in [0.15, 0.2) is 6.61 Å². The molecule has 0 atom stereocenters. The number of nitrogens with zero attached hydrogens (tertiary/aromatic N) is 2. The van der Waals surface area contributed by atoms with E-state index in [-0.39, 0.29) is 19.1 Å². The van der Waals surface area contributed by atoms with Crippen LogP contribution in [-0.4, -0.2) is 40.6 Å². The number of carbonyl (C=O) groups excluding carboxylic acids is 1. The zero-order valence-corrected chi connectivity index (χ0v) is 11.4. The lowest BCUT2D eigenvalue weighted by Crippen LogP contribution is -2.35. The van der Waals surface area contributed by atoms with Crippen LogP contribution in [0, 0.1) is 0 Å². The summed E-state index contributed by atoms with van der Waals surface area (Å²) in [6.45, 7) is 8.62. The molecule has 5 heteroatoms. The average Bonchev–Trinajstić information content (AvgIpc) is 2.42. The van der Waals surface area contributed by atoms with E-state index in [0.717, 1.165) is 5.57 Å². The van der Waals surface area contributed by atoms with Gasteiger partial charge in [-0.1, -0.05) is 12.2 Å². The lowest BCUT2D eigenvalue weighted by molar-refractivity contribution is -0.132. The summed E-state index contributed by atoms with van der Waals surface area (Å²) in [7, 11) is 0. The summed E-state index contributed by atoms with van der Waals surface area (Å²) in [4.78, 5) is 17.6. The maximum Gasteiger partial charge on any atom is 0.260 e. The standard InChI is InChI=1S/C14H20N2O3/c1-4-16(8-11(2)3)14(18)10-19-13-6-5-12(9-17)15-7-13/h5-7,17H,2,4,8-10H2,1,3H3. The number of hydrogen-bond acceptors (Lipinski definition) is 4. The molecular weight excluding hydrogens is 244 g/mol. The predicted octanol–water partition coefficient (Wildman–Crippen LogP) is 1.38. The van der Waals surface area contributed by atoms with Gasteiger partial charge in [0.1, 0.15) is 5.75 Å². The summed E-state index contributed by atoms with van der Waals surface area (Å²) in [6, 6.07) is 3.34. The minimum Gasteiger partial charge on any atom is -0.482 e. The third-order valence-electron chi connectivity index (χ3n) is 2.52. The maximum atomic E-state index is 11.9. The molecular formula is C14H20N2O3. The first-order valence-corrected chi connectivity index (χ1v) is 6.17. The molecule has 0 spiro atoms. The molecule has 5 nitrogen and oxygen atoms in total. The zero-order chi connectivity index (χ0) is 14.3. The highest BCUT2D eigenvalue weighted by atomic mass is 16.5. The van der Waals surface area contributed by atoms with Gasteiger partial charge in [-0.15, -0.1) is 0 Å². The highest BCUT2D eigenvalue weighted by molar-refractivity contribution is 5.78. The Morgan fingerprint density at radius 1 is 1.53 bits per heavy atom. The van der Waals surface area contributed by atoms with E-state index in [9.17, 15) is 4.79 Å². The molecule has 1 aromatic heterocycles. The van der Waals surface area contributed by atoms with E-state index in [1.807, 2.05) is 13.8 Å². The molecule has 0 aliphatic rings. The van der Waals surface area contributed by atoms with Crippen LogP contribution in [0.5, 0.6) is 5.75 Å². The van der Waals surface area contributed by atoms with E-state index >= 15 is 0 Å². The number of carbonyl (C=O) groups is 1. The fourth-order valence-corrected chi connectivity index (χ4v) is 1.53. The topological polar surface area (TPSA) is 62.7 Å². The number of aliphatic hydroxyl groups excluding tert-OH is 1. The molecule has 1 N–H and O–H groups in total. The number of hydrogen-bond donors (Lipinski definition) is 1. The van der Waals surface area contributed by atoms with Crippen LogP contribution >= 0.6 is 0 Å². The number of aliphatic hydroxyl groups is 1. The predicted molar refractivity (Wildman–Crippen MR) is 72.7 cm³/mol. The third-order valence-corrected chi connectivity index (χ3v) is 2.52. The molecule has 0 saturated heterocycles. The van der Waals surface area contributed by atoms with Crippen molar-refractivity contribution in [3.63, 3.8) is 0 Å². The lowest BCUT2D eigenvalue weighted by atomic mass is 10.3. The molecule has 0 unspecified atom stereocenters. The minimum absolute atomic E-state index is 0.0265. The highest BCUT2D eigenvalue weighted by Gasteiger charge is 2.12. The van der Waals surface area contributed by atoms with Crippen molar-refractivity contribution >= 4 is 5.91 Å². The van der Waals surface area contributed by atoms with Gasteiger partial charge < -0.3 is 14.7 Å². The van der Waals surface area contributed by atoms with Crippen molar-refractivity contribution in [3.8, 4) is 5.75 Å². The van der Waals surface area contributed by atoms with Crippen molar-refractivity contribution in [2.24, 2.45) is 0 Å². The molecule has 19 heavy (non-hydrogen) atoms. The van der Waals surface area contributed by atoms with Crippen LogP contribution in [0.1, 0.15) is 19.5 Å². The van der Waals surface area contributed by atoms with Crippen molar-refractivity contribution in [1.29, 1.82) is 0 Å². The van der Waals surface area contributed by atoms with E-state index in [0.29, 0.717) is 24.5 Å². The van der Waals surface area contributed by atoms with Gasteiger partial charge in [0.25, 0.3) is 5.91 Å². The van der Waals surface area contributed by atoms with Crippen LogP contribution in [-0.2, 0) is 11.4 Å². The molecule has 0 radical (unpaired) electrons. The van der Waals surface area contributed by atoms with E-state index in [4.69, 9.17) is 9.84 Å². The molecule has 0 bridgehead atoms. The van der Waals surface area contributed by atoms with Gasteiger partial charge in [-0.05, 0) is 26.0 Å². The van der Waals surface area contributed by atoms with E-state index in [1.165, 1.54) is 6.20 Å². The quantitative estimate of drug-likeness (QED) is 0.756. The van der Waals surface area contributed by atoms with Crippen molar-refractivity contribution in [2.75, 3.05) is 19.7 Å². The summed E-state index contributed by atoms with van der Waals surface area (Å²) in [6.07, 6.45) is 1.49. The molecule has 0 aromatic carbocycles. The highest BCUT2D eigenvalue weighted by Crippen LogP contribution is 2.09. The van der Waals surface area contributed by atoms with Crippen LogP contribution < -0.4 is 4.74 Å². The zero-order valence-electron chi connectivity index (χ0n) is 11.4. The minimum atomic E-state index is -0.110. The first-order valence-electron chi connectivity index (χ1n) is 6.17. The lowest BCUT2D eigenvalue weighted by Gasteiger charge is -2.20. The molecule has 1 amide bonds. The van der Waals surface area contributed by atoms with Gasteiger partial charge in [0.2, 0.25) is 0 Å². The number of pyridine rings is 1. The summed E-state index contributed by atoms with van der Waals surface area (Å²) in [5.41, 5.74) is 1.50. The normalized spacial score (nSPS) is 10.1. The number of aromatic nitrogens is 1. The summed E-state index contributed by atoms with van der Waals surface area (Å²) >= 11 is 0. The van der Waals surface area contributed by atoms with Crippen molar-refractivity contribution < 1.29 is 14.6 Å². The number of likely N-dealkylation sites (N-methyl/N-ethyl adjacent to an activating group) is 1. The molecule has 0 aliphatic carbocycles. The van der Waals surface area contributed by atoms with Crippen molar-refractivity contribution in [2.45, 2.75) is 20.5 Å². The van der Waals surface area contributed by atoms with Gasteiger partial charge >= 0.3 is 0 Å². The Bertz CT molecular complexity index is 429. The van der Waals surface area contributed by atoms with Gasteiger partial charge in [0.05, 0.1) is 18.5 Å². The third kappa shape index (κ3) is 5.09. The molecule has 1 aromatic rings. The van der Waals surface area contributed by atoms with E-state index in [2.05, 4.69) is 11.6 Å². The second kappa shape index (κ2) is 7.53. The summed E-state index contributed by atoms with van der Waals surface area (Å²) in [5, 5.41) is 8.86. The van der Waals surface area contributed by atoms with Gasteiger partial charge in [0, 0.05) is 13.1 Å². The van der Waals surface area contributed by atoms with E-state index in [1.54, 1.807) is 17.0 Å².